The van der Waals surface area contributed by atoms with Gasteiger partial charge in [0.05, 0.1) is 10.6 Å². The molecule has 0 saturated heterocycles. The summed E-state index contributed by atoms with van der Waals surface area (Å²) in [7, 11) is 1.36. The summed E-state index contributed by atoms with van der Waals surface area (Å²) in [6.07, 6.45) is -4.62. The van der Waals surface area contributed by atoms with Crippen LogP contribution < -0.4 is 5.32 Å². The average Bonchev–Trinajstić information content (AvgIpc) is 2.39. The van der Waals surface area contributed by atoms with E-state index in [1.54, 1.807) is 0 Å². The summed E-state index contributed by atoms with van der Waals surface area (Å²) in [6.45, 7) is 1.13. The van der Waals surface area contributed by atoms with Crippen molar-refractivity contribution < 1.29 is 22.8 Å². The highest BCUT2D eigenvalue weighted by Gasteiger charge is 2.33. The van der Waals surface area contributed by atoms with E-state index in [0.717, 1.165) is 17.0 Å². The zero-order valence-corrected chi connectivity index (χ0v) is 12.5. The second-order valence-electron chi connectivity index (χ2n) is 4.28. The number of amides is 2. The third-order valence-corrected chi connectivity index (χ3v) is 2.84. The van der Waals surface area contributed by atoms with Gasteiger partial charge < -0.3 is 10.2 Å². The number of carbonyl (C=O) groups excluding carboxylic acids is 2. The monoisotopic (exact) mass is 332 g/mol. The van der Waals surface area contributed by atoms with Crippen LogP contribution in [0, 0.1) is 11.8 Å². The van der Waals surface area contributed by atoms with Gasteiger partial charge in [-0.25, -0.2) is 0 Å². The molecule has 2 amide bonds. The largest absolute Gasteiger partial charge is 0.417 e. The van der Waals surface area contributed by atoms with Gasteiger partial charge in [-0.15, -0.1) is 0 Å². The van der Waals surface area contributed by atoms with Crippen molar-refractivity contribution >= 4 is 29.1 Å². The van der Waals surface area contributed by atoms with E-state index in [9.17, 15) is 22.8 Å². The predicted molar refractivity (Wildman–Crippen MR) is 76.2 cm³/mol. The highest BCUT2D eigenvalue weighted by atomic mass is 35.5. The SMILES string of the molecule is CC#CC(=O)N(C)CC(=O)Nc1ccc(Cl)c(C(F)(F)F)c1. The fraction of sp³-hybridized carbons (Fsp3) is 0.286. The minimum Gasteiger partial charge on any atom is -0.326 e. The van der Waals surface area contributed by atoms with Gasteiger partial charge >= 0.3 is 6.18 Å². The number of nitrogens with one attached hydrogen (secondary N) is 1. The Bertz CT molecular complexity index is 648. The highest BCUT2D eigenvalue weighted by Crippen LogP contribution is 2.36. The molecular weight excluding hydrogens is 321 g/mol. The van der Waals surface area contributed by atoms with Crippen LogP contribution in [0.1, 0.15) is 12.5 Å². The van der Waals surface area contributed by atoms with Crippen molar-refractivity contribution in [2.75, 3.05) is 18.9 Å². The standard InChI is InChI=1S/C14H12ClF3N2O2/c1-3-4-13(22)20(2)8-12(21)19-9-5-6-11(15)10(7-9)14(16,17)18/h5-7H,8H2,1-2H3,(H,19,21). The number of alkyl halides is 3. The van der Waals surface area contributed by atoms with Gasteiger partial charge in [-0.3, -0.25) is 9.59 Å². The summed E-state index contributed by atoms with van der Waals surface area (Å²) < 4.78 is 38.1. The number of halogens is 4. The maximum Gasteiger partial charge on any atom is 0.417 e. The van der Waals surface area contributed by atoms with E-state index in [1.165, 1.54) is 20.0 Å². The lowest BCUT2D eigenvalue weighted by molar-refractivity contribution is -0.137. The van der Waals surface area contributed by atoms with E-state index in [0.29, 0.717) is 0 Å². The van der Waals surface area contributed by atoms with Crippen molar-refractivity contribution in [1.29, 1.82) is 0 Å². The molecule has 0 atom stereocenters. The maximum absolute atomic E-state index is 12.7. The van der Waals surface area contributed by atoms with Crippen molar-refractivity contribution in [2.45, 2.75) is 13.1 Å². The molecule has 0 heterocycles. The average molecular weight is 333 g/mol. The lowest BCUT2D eigenvalue weighted by Crippen LogP contribution is -2.34. The predicted octanol–water partition coefficient (Wildman–Crippen LogP) is 2.78. The molecule has 8 heteroatoms. The third-order valence-electron chi connectivity index (χ3n) is 2.51. The molecule has 1 aromatic carbocycles. The summed E-state index contributed by atoms with van der Waals surface area (Å²) in [5.74, 6) is 3.42. The Balaban J connectivity index is 2.81. The highest BCUT2D eigenvalue weighted by molar-refractivity contribution is 6.31. The molecule has 118 valence electrons. The maximum atomic E-state index is 12.7. The summed E-state index contributed by atoms with van der Waals surface area (Å²) >= 11 is 5.48. The molecule has 1 aromatic rings. The quantitative estimate of drug-likeness (QED) is 0.865. The van der Waals surface area contributed by atoms with Crippen LogP contribution >= 0.6 is 11.6 Å². The van der Waals surface area contributed by atoms with Crippen LogP contribution in [0.5, 0.6) is 0 Å². The molecule has 0 unspecified atom stereocenters. The van der Waals surface area contributed by atoms with Crippen LogP contribution in [0.2, 0.25) is 5.02 Å². The Labute approximate surface area is 130 Å². The molecule has 0 aliphatic heterocycles. The van der Waals surface area contributed by atoms with Gasteiger partial charge in [0.25, 0.3) is 5.91 Å². The number of benzene rings is 1. The molecule has 4 nitrogen and oxygen atoms in total. The Kier molecular flexibility index (Phi) is 5.83. The van der Waals surface area contributed by atoms with Crippen LogP contribution in [0.15, 0.2) is 18.2 Å². The van der Waals surface area contributed by atoms with Crippen LogP contribution in [-0.4, -0.2) is 30.3 Å². The molecule has 0 aromatic heterocycles. The van der Waals surface area contributed by atoms with Gasteiger partial charge in [0.1, 0.15) is 6.54 Å². The fourth-order valence-corrected chi connectivity index (χ4v) is 1.74. The van der Waals surface area contributed by atoms with Crippen molar-refractivity contribution in [3.05, 3.63) is 28.8 Å². The number of carbonyl (C=O) groups is 2. The van der Waals surface area contributed by atoms with Gasteiger partial charge in [0.15, 0.2) is 0 Å². The molecular formula is C14H12ClF3N2O2. The zero-order valence-electron chi connectivity index (χ0n) is 11.7. The summed E-state index contributed by atoms with van der Waals surface area (Å²) in [4.78, 5) is 24.1. The minimum absolute atomic E-state index is 0.0656. The van der Waals surface area contributed by atoms with Gasteiger partial charge in [-0.2, -0.15) is 13.2 Å². The van der Waals surface area contributed by atoms with Gasteiger partial charge in [0, 0.05) is 12.7 Å². The molecule has 1 rings (SSSR count). The second-order valence-corrected chi connectivity index (χ2v) is 4.68. The summed E-state index contributed by atoms with van der Waals surface area (Å²) in [5, 5.41) is 1.81. The van der Waals surface area contributed by atoms with E-state index < -0.39 is 28.6 Å². The van der Waals surface area contributed by atoms with Gasteiger partial charge in [-0.1, -0.05) is 17.5 Å². The van der Waals surface area contributed by atoms with E-state index in [-0.39, 0.29) is 12.2 Å². The third kappa shape index (κ3) is 4.97. The van der Waals surface area contributed by atoms with Crippen LogP contribution in [-0.2, 0) is 15.8 Å². The molecule has 0 saturated carbocycles. The van der Waals surface area contributed by atoms with Crippen molar-refractivity contribution in [1.82, 2.24) is 4.90 Å². The first-order valence-electron chi connectivity index (χ1n) is 5.99. The smallest absolute Gasteiger partial charge is 0.326 e. The van der Waals surface area contributed by atoms with E-state index >= 15 is 0 Å². The zero-order chi connectivity index (χ0) is 16.9. The number of nitrogens with zero attached hydrogens (tertiary/aromatic N) is 1. The van der Waals surface area contributed by atoms with Crippen molar-refractivity contribution in [3.63, 3.8) is 0 Å². The lowest BCUT2D eigenvalue weighted by atomic mass is 10.2. The number of hydrogen-bond acceptors (Lipinski definition) is 2. The molecule has 0 radical (unpaired) electrons. The molecule has 0 spiro atoms. The van der Waals surface area contributed by atoms with E-state index in [4.69, 9.17) is 11.6 Å². The first kappa shape index (κ1) is 17.9. The minimum atomic E-state index is -4.62. The lowest BCUT2D eigenvalue weighted by Gasteiger charge is -2.15. The fourth-order valence-electron chi connectivity index (χ4n) is 1.51. The summed E-state index contributed by atoms with van der Waals surface area (Å²) in [6, 6.07) is 3.01. The first-order valence-corrected chi connectivity index (χ1v) is 6.37. The second kappa shape index (κ2) is 7.18. The Morgan fingerprint density at radius 3 is 2.55 bits per heavy atom. The van der Waals surface area contributed by atoms with E-state index in [2.05, 4.69) is 17.2 Å². The molecule has 0 aliphatic rings. The molecule has 1 N–H and O–H groups in total. The van der Waals surface area contributed by atoms with Crippen LogP contribution in [0.4, 0.5) is 18.9 Å². The summed E-state index contributed by atoms with van der Waals surface area (Å²) in [5.41, 5.74) is -1.11. The Morgan fingerprint density at radius 1 is 1.36 bits per heavy atom. The Hall–Kier alpha value is -2.20. The number of likely N-dealkylation sites (N-methyl/N-ethyl adjacent to an activating group) is 1. The number of anilines is 1. The van der Waals surface area contributed by atoms with Gasteiger partial charge in [-0.05, 0) is 31.0 Å². The van der Waals surface area contributed by atoms with Crippen molar-refractivity contribution in [3.8, 4) is 11.8 Å². The topological polar surface area (TPSA) is 49.4 Å². The molecule has 0 aliphatic carbocycles. The van der Waals surface area contributed by atoms with Gasteiger partial charge in [0.2, 0.25) is 5.91 Å². The normalized spacial score (nSPS) is 10.5. The van der Waals surface area contributed by atoms with Crippen molar-refractivity contribution in [2.24, 2.45) is 0 Å². The van der Waals surface area contributed by atoms with Crippen LogP contribution in [0.3, 0.4) is 0 Å². The Morgan fingerprint density at radius 2 is 2.00 bits per heavy atom. The number of rotatable bonds is 3. The van der Waals surface area contributed by atoms with Crippen LogP contribution in [0.25, 0.3) is 0 Å². The number of hydrogen-bond donors (Lipinski definition) is 1. The van der Waals surface area contributed by atoms with E-state index in [1.807, 2.05) is 0 Å². The molecule has 0 fully saturated rings. The molecule has 0 bridgehead atoms. The first-order chi connectivity index (χ1) is 10.1. The molecule has 22 heavy (non-hydrogen) atoms.